The van der Waals surface area contributed by atoms with Gasteiger partial charge in [-0.1, -0.05) is 36.0 Å². The van der Waals surface area contributed by atoms with Crippen molar-refractivity contribution in [2.75, 3.05) is 23.9 Å². The topological polar surface area (TPSA) is 41.6 Å². The average Bonchev–Trinajstić information content (AvgIpc) is 2.70. The Morgan fingerprint density at radius 3 is 2.08 bits per heavy atom. The first kappa shape index (κ1) is 16.5. The first-order valence-corrected chi connectivity index (χ1v) is 9.15. The van der Waals surface area contributed by atoms with E-state index in [1.807, 2.05) is 72.8 Å². The fraction of sp³-hybridized carbons (Fsp3) is 0.0952. The largest absolute Gasteiger partial charge is 0.497 e. The van der Waals surface area contributed by atoms with Crippen molar-refractivity contribution in [1.29, 1.82) is 0 Å². The van der Waals surface area contributed by atoms with E-state index in [9.17, 15) is 4.79 Å². The number of carbonyl (C=O) groups excluding carboxylic acids is 1. The van der Waals surface area contributed by atoms with Gasteiger partial charge in [0.1, 0.15) is 5.75 Å². The summed E-state index contributed by atoms with van der Waals surface area (Å²) in [7, 11) is 1.63. The molecule has 1 aliphatic rings. The van der Waals surface area contributed by atoms with Gasteiger partial charge in [-0.2, -0.15) is 0 Å². The molecule has 1 amide bonds. The van der Waals surface area contributed by atoms with Crippen molar-refractivity contribution in [2.45, 2.75) is 9.79 Å². The number of ether oxygens (including phenoxy) is 1. The third-order valence-corrected chi connectivity index (χ3v) is 5.35. The zero-order chi connectivity index (χ0) is 17.9. The number of methoxy groups -OCH3 is 1. The molecule has 4 nitrogen and oxygen atoms in total. The summed E-state index contributed by atoms with van der Waals surface area (Å²) >= 11 is 1.69. The van der Waals surface area contributed by atoms with Crippen LogP contribution in [-0.2, 0) is 4.79 Å². The Kier molecular flexibility index (Phi) is 4.54. The molecule has 3 aromatic rings. The minimum Gasteiger partial charge on any atom is -0.497 e. The normalized spacial score (nSPS) is 12.1. The van der Waals surface area contributed by atoms with Crippen molar-refractivity contribution in [3.8, 4) is 5.75 Å². The number of nitrogens with zero attached hydrogens (tertiary/aromatic N) is 1. The third-order valence-electron chi connectivity index (χ3n) is 4.22. The lowest BCUT2D eigenvalue weighted by Gasteiger charge is -2.31. The van der Waals surface area contributed by atoms with E-state index in [0.29, 0.717) is 0 Å². The fourth-order valence-electron chi connectivity index (χ4n) is 2.94. The van der Waals surface area contributed by atoms with Gasteiger partial charge in [0.2, 0.25) is 0 Å². The highest BCUT2D eigenvalue weighted by Gasteiger charge is 2.27. The lowest BCUT2D eigenvalue weighted by molar-refractivity contribution is -0.116. The molecule has 0 atom stereocenters. The van der Waals surface area contributed by atoms with Gasteiger partial charge >= 0.3 is 0 Å². The van der Waals surface area contributed by atoms with E-state index in [-0.39, 0.29) is 12.5 Å². The predicted octanol–water partition coefficient (Wildman–Crippen LogP) is 4.94. The molecule has 1 heterocycles. The Morgan fingerprint density at radius 1 is 0.923 bits per heavy atom. The highest BCUT2D eigenvalue weighted by molar-refractivity contribution is 7.99. The molecule has 0 radical (unpaired) electrons. The molecule has 0 saturated heterocycles. The minimum absolute atomic E-state index is 0.000943. The van der Waals surface area contributed by atoms with Crippen molar-refractivity contribution in [3.05, 3.63) is 72.8 Å². The van der Waals surface area contributed by atoms with E-state index < -0.39 is 0 Å². The molecule has 0 aromatic heterocycles. The van der Waals surface area contributed by atoms with Crippen molar-refractivity contribution < 1.29 is 9.53 Å². The Balaban J connectivity index is 1.59. The van der Waals surface area contributed by atoms with Crippen LogP contribution >= 0.6 is 11.8 Å². The molecule has 1 N–H and O–H groups in total. The minimum atomic E-state index is 0.000943. The molecule has 0 bridgehead atoms. The van der Waals surface area contributed by atoms with Crippen LogP contribution in [0.25, 0.3) is 0 Å². The lowest BCUT2D eigenvalue weighted by atomic mass is 10.2. The van der Waals surface area contributed by atoms with Gasteiger partial charge in [-0.15, -0.1) is 0 Å². The molecule has 0 saturated carbocycles. The van der Waals surface area contributed by atoms with E-state index in [1.54, 1.807) is 23.8 Å². The summed E-state index contributed by atoms with van der Waals surface area (Å²) in [5.41, 5.74) is 2.74. The number of benzene rings is 3. The predicted molar refractivity (Wildman–Crippen MR) is 106 cm³/mol. The molecule has 130 valence electrons. The molecule has 0 spiro atoms. The standard InChI is InChI=1S/C21H18N2O2S/c1-25-16-12-10-15(11-13-16)22-14-21(24)23-17-6-2-4-8-19(17)26-20-9-5-3-7-18(20)23/h2-13,22H,14H2,1H3. The molecule has 26 heavy (non-hydrogen) atoms. The summed E-state index contributed by atoms with van der Waals surface area (Å²) in [6.45, 7) is 0.208. The lowest BCUT2D eigenvalue weighted by Crippen LogP contribution is -2.33. The number of amides is 1. The fourth-order valence-corrected chi connectivity index (χ4v) is 4.00. The Morgan fingerprint density at radius 2 is 1.50 bits per heavy atom. The third kappa shape index (κ3) is 3.13. The van der Waals surface area contributed by atoms with Crippen molar-refractivity contribution in [2.24, 2.45) is 0 Å². The van der Waals surface area contributed by atoms with E-state index in [2.05, 4.69) is 5.32 Å². The number of fused-ring (bicyclic) bond motifs is 2. The first-order valence-electron chi connectivity index (χ1n) is 8.33. The van der Waals surface area contributed by atoms with Gasteiger partial charge in [-0.25, -0.2) is 0 Å². The number of nitrogens with one attached hydrogen (secondary N) is 1. The van der Waals surface area contributed by atoms with Crippen LogP contribution in [0.3, 0.4) is 0 Å². The molecule has 1 aliphatic heterocycles. The van der Waals surface area contributed by atoms with Gasteiger partial charge in [-0.3, -0.25) is 9.69 Å². The quantitative estimate of drug-likeness (QED) is 0.714. The molecule has 0 aliphatic carbocycles. The van der Waals surface area contributed by atoms with Crippen LogP contribution in [0, 0.1) is 0 Å². The zero-order valence-corrected chi connectivity index (χ0v) is 15.1. The number of anilines is 3. The highest BCUT2D eigenvalue weighted by Crippen LogP contribution is 2.47. The van der Waals surface area contributed by atoms with Crippen LogP contribution in [0.1, 0.15) is 0 Å². The number of carbonyl (C=O) groups is 1. The van der Waals surface area contributed by atoms with Crippen LogP contribution in [0.15, 0.2) is 82.6 Å². The van der Waals surface area contributed by atoms with Crippen LogP contribution in [0.4, 0.5) is 17.1 Å². The van der Waals surface area contributed by atoms with Gasteiger partial charge in [0, 0.05) is 15.5 Å². The average molecular weight is 362 g/mol. The number of hydrogen-bond acceptors (Lipinski definition) is 4. The van der Waals surface area contributed by atoms with Gasteiger partial charge in [0.05, 0.1) is 25.0 Å². The molecule has 0 fully saturated rings. The van der Waals surface area contributed by atoms with Crippen LogP contribution in [0.5, 0.6) is 5.75 Å². The SMILES string of the molecule is COc1ccc(NCC(=O)N2c3ccccc3Sc3ccccc32)cc1. The molecule has 3 aromatic carbocycles. The van der Waals surface area contributed by atoms with E-state index in [0.717, 1.165) is 32.6 Å². The zero-order valence-electron chi connectivity index (χ0n) is 14.3. The summed E-state index contributed by atoms with van der Waals surface area (Å²) in [5, 5.41) is 3.20. The Hall–Kier alpha value is -2.92. The summed E-state index contributed by atoms with van der Waals surface area (Å²) < 4.78 is 5.16. The molecular formula is C21H18N2O2S. The van der Waals surface area contributed by atoms with Crippen molar-refractivity contribution in [1.82, 2.24) is 0 Å². The molecular weight excluding hydrogens is 344 g/mol. The summed E-state index contributed by atoms with van der Waals surface area (Å²) in [5.74, 6) is 0.791. The van der Waals surface area contributed by atoms with Crippen LogP contribution in [-0.4, -0.2) is 19.6 Å². The Labute approximate surface area is 156 Å². The monoisotopic (exact) mass is 362 g/mol. The first-order chi connectivity index (χ1) is 12.8. The molecule has 4 rings (SSSR count). The van der Waals surface area contributed by atoms with E-state index >= 15 is 0 Å². The number of hydrogen-bond donors (Lipinski definition) is 1. The van der Waals surface area contributed by atoms with Crippen LogP contribution < -0.4 is 15.0 Å². The summed E-state index contributed by atoms with van der Waals surface area (Å²) in [6, 6.07) is 23.5. The molecule has 5 heteroatoms. The smallest absolute Gasteiger partial charge is 0.250 e. The summed E-state index contributed by atoms with van der Waals surface area (Å²) in [4.78, 5) is 17.0. The second-order valence-electron chi connectivity index (χ2n) is 5.85. The van der Waals surface area contributed by atoms with E-state index in [4.69, 9.17) is 4.74 Å². The van der Waals surface area contributed by atoms with Crippen molar-refractivity contribution in [3.63, 3.8) is 0 Å². The highest BCUT2D eigenvalue weighted by atomic mass is 32.2. The van der Waals surface area contributed by atoms with Crippen LogP contribution in [0.2, 0.25) is 0 Å². The number of para-hydroxylation sites is 2. The van der Waals surface area contributed by atoms with Crippen molar-refractivity contribution >= 4 is 34.7 Å². The van der Waals surface area contributed by atoms with Gasteiger partial charge in [-0.05, 0) is 48.5 Å². The number of rotatable bonds is 4. The Bertz CT molecular complexity index is 895. The second-order valence-corrected chi connectivity index (χ2v) is 6.93. The van der Waals surface area contributed by atoms with Gasteiger partial charge in [0.25, 0.3) is 5.91 Å². The summed E-state index contributed by atoms with van der Waals surface area (Å²) in [6.07, 6.45) is 0. The maximum atomic E-state index is 13.0. The van der Waals surface area contributed by atoms with E-state index in [1.165, 1.54) is 0 Å². The molecule has 0 unspecified atom stereocenters. The maximum absolute atomic E-state index is 13.0. The van der Waals surface area contributed by atoms with Gasteiger partial charge < -0.3 is 10.1 Å². The second kappa shape index (κ2) is 7.14. The van der Waals surface area contributed by atoms with Gasteiger partial charge in [0.15, 0.2) is 0 Å². The maximum Gasteiger partial charge on any atom is 0.250 e.